The van der Waals surface area contributed by atoms with Gasteiger partial charge in [0.1, 0.15) is 11.6 Å². The number of anilines is 2. The molecular formula is C14H12F2N2O2S2. The van der Waals surface area contributed by atoms with Gasteiger partial charge in [-0.25, -0.2) is 17.2 Å². The van der Waals surface area contributed by atoms with Crippen molar-refractivity contribution in [2.24, 2.45) is 0 Å². The molecule has 0 unspecified atom stereocenters. The Balaban J connectivity index is 1.92. The van der Waals surface area contributed by atoms with E-state index in [0.717, 1.165) is 35.0 Å². The number of benzene rings is 2. The second-order valence-electron chi connectivity index (χ2n) is 4.66. The second-order valence-corrected chi connectivity index (χ2v) is 7.48. The molecule has 0 saturated carbocycles. The van der Waals surface area contributed by atoms with E-state index in [2.05, 4.69) is 10.0 Å². The highest BCUT2D eigenvalue weighted by molar-refractivity contribution is 7.99. The molecule has 2 aromatic rings. The van der Waals surface area contributed by atoms with Gasteiger partial charge in [-0.15, -0.1) is 11.8 Å². The molecule has 0 amide bonds. The van der Waals surface area contributed by atoms with E-state index in [-0.39, 0.29) is 10.6 Å². The molecule has 8 heteroatoms. The Hall–Kier alpha value is -1.80. The Morgan fingerprint density at radius 3 is 2.73 bits per heavy atom. The van der Waals surface area contributed by atoms with Gasteiger partial charge in [0.25, 0.3) is 10.0 Å². The molecule has 0 aromatic heterocycles. The van der Waals surface area contributed by atoms with Crippen molar-refractivity contribution in [3.05, 3.63) is 48.0 Å². The quantitative estimate of drug-likeness (QED) is 0.899. The van der Waals surface area contributed by atoms with Gasteiger partial charge in [0.2, 0.25) is 0 Å². The van der Waals surface area contributed by atoms with Gasteiger partial charge in [-0.3, -0.25) is 4.72 Å². The van der Waals surface area contributed by atoms with Crippen molar-refractivity contribution in [3.63, 3.8) is 0 Å². The van der Waals surface area contributed by atoms with Crippen LogP contribution in [0.4, 0.5) is 20.2 Å². The van der Waals surface area contributed by atoms with Gasteiger partial charge in [0.15, 0.2) is 0 Å². The molecule has 2 aromatic carbocycles. The lowest BCUT2D eigenvalue weighted by molar-refractivity contribution is 0.583. The smallest absolute Gasteiger partial charge is 0.262 e. The molecule has 0 radical (unpaired) electrons. The van der Waals surface area contributed by atoms with Crippen molar-refractivity contribution in [1.82, 2.24) is 0 Å². The van der Waals surface area contributed by atoms with Crippen LogP contribution in [0.3, 0.4) is 0 Å². The topological polar surface area (TPSA) is 58.2 Å². The van der Waals surface area contributed by atoms with Gasteiger partial charge in [-0.2, -0.15) is 0 Å². The van der Waals surface area contributed by atoms with E-state index < -0.39 is 21.7 Å². The lowest BCUT2D eigenvalue weighted by Gasteiger charge is -2.18. The first kappa shape index (κ1) is 15.1. The van der Waals surface area contributed by atoms with Crippen LogP contribution in [0, 0.1) is 11.6 Å². The summed E-state index contributed by atoms with van der Waals surface area (Å²) < 4.78 is 53.2. The lowest BCUT2D eigenvalue weighted by atomic mass is 10.3. The Labute approximate surface area is 131 Å². The average molecular weight is 342 g/mol. The summed E-state index contributed by atoms with van der Waals surface area (Å²) in [6.45, 7) is 0.751. The molecule has 0 spiro atoms. The van der Waals surface area contributed by atoms with Gasteiger partial charge in [-0.05, 0) is 30.3 Å². The van der Waals surface area contributed by atoms with Gasteiger partial charge in [-0.1, -0.05) is 0 Å². The van der Waals surface area contributed by atoms with Crippen LogP contribution in [-0.2, 0) is 10.0 Å². The molecule has 1 aliphatic rings. The van der Waals surface area contributed by atoms with Crippen LogP contribution in [0.2, 0.25) is 0 Å². The molecule has 0 atom stereocenters. The molecule has 1 heterocycles. The number of hydrogen-bond donors (Lipinski definition) is 2. The van der Waals surface area contributed by atoms with Crippen molar-refractivity contribution in [2.45, 2.75) is 9.79 Å². The van der Waals surface area contributed by atoms with Crippen molar-refractivity contribution in [2.75, 3.05) is 22.3 Å². The summed E-state index contributed by atoms with van der Waals surface area (Å²) in [5.41, 5.74) is 0.445. The van der Waals surface area contributed by atoms with Gasteiger partial charge in [0, 0.05) is 28.9 Å². The number of halogens is 2. The zero-order valence-electron chi connectivity index (χ0n) is 11.3. The Kier molecular flexibility index (Phi) is 3.96. The van der Waals surface area contributed by atoms with Crippen LogP contribution >= 0.6 is 11.8 Å². The third-order valence-electron chi connectivity index (χ3n) is 3.11. The van der Waals surface area contributed by atoms with Crippen LogP contribution in [0.5, 0.6) is 0 Å². The molecule has 1 aliphatic heterocycles. The van der Waals surface area contributed by atoms with E-state index in [1.54, 1.807) is 17.8 Å². The number of thioether (sulfide) groups is 1. The van der Waals surface area contributed by atoms with Crippen molar-refractivity contribution >= 4 is 33.2 Å². The number of sulfonamides is 1. The first-order valence-electron chi connectivity index (χ1n) is 6.44. The fourth-order valence-corrected chi connectivity index (χ4v) is 4.03. The average Bonchev–Trinajstić information content (AvgIpc) is 2.49. The highest BCUT2D eigenvalue weighted by atomic mass is 32.2. The molecule has 2 N–H and O–H groups in total. The second kappa shape index (κ2) is 5.77. The minimum absolute atomic E-state index is 0.0185. The number of rotatable bonds is 3. The SMILES string of the molecule is O=S(=O)(Nc1ccc(F)cc1F)c1ccc2c(c1)NCCS2. The van der Waals surface area contributed by atoms with Crippen LogP contribution in [0.25, 0.3) is 0 Å². The molecule has 116 valence electrons. The normalized spacial score (nSPS) is 14.1. The molecule has 0 bridgehead atoms. The summed E-state index contributed by atoms with van der Waals surface area (Å²) in [5, 5.41) is 3.12. The van der Waals surface area contributed by atoms with E-state index in [1.807, 2.05) is 0 Å². The Morgan fingerprint density at radius 1 is 1.14 bits per heavy atom. The lowest BCUT2D eigenvalue weighted by Crippen LogP contribution is -2.16. The molecule has 0 fully saturated rings. The molecule has 22 heavy (non-hydrogen) atoms. The van der Waals surface area contributed by atoms with Crippen LogP contribution < -0.4 is 10.0 Å². The first-order valence-corrected chi connectivity index (χ1v) is 8.91. The summed E-state index contributed by atoms with van der Waals surface area (Å²) in [6, 6.07) is 7.35. The third kappa shape index (κ3) is 3.02. The van der Waals surface area contributed by atoms with Crippen LogP contribution in [0.1, 0.15) is 0 Å². The molecule has 4 nitrogen and oxygen atoms in total. The molecular weight excluding hydrogens is 330 g/mol. The van der Waals surface area contributed by atoms with E-state index >= 15 is 0 Å². The fraction of sp³-hybridized carbons (Fsp3) is 0.143. The summed E-state index contributed by atoms with van der Waals surface area (Å²) in [7, 11) is -3.94. The number of hydrogen-bond acceptors (Lipinski definition) is 4. The van der Waals surface area contributed by atoms with Crippen LogP contribution in [0.15, 0.2) is 46.2 Å². The van der Waals surface area contributed by atoms with Gasteiger partial charge in [0.05, 0.1) is 10.6 Å². The fourth-order valence-electron chi connectivity index (χ4n) is 2.06. The van der Waals surface area contributed by atoms with Gasteiger partial charge < -0.3 is 5.32 Å². The first-order chi connectivity index (χ1) is 10.5. The summed E-state index contributed by atoms with van der Waals surface area (Å²) >= 11 is 1.64. The zero-order chi connectivity index (χ0) is 15.7. The van der Waals surface area contributed by atoms with E-state index in [1.165, 1.54) is 12.1 Å². The predicted molar refractivity (Wildman–Crippen MR) is 82.8 cm³/mol. The monoisotopic (exact) mass is 342 g/mol. The molecule has 0 aliphatic carbocycles. The summed E-state index contributed by atoms with van der Waals surface area (Å²) in [4.78, 5) is 0.989. The summed E-state index contributed by atoms with van der Waals surface area (Å²) in [6.07, 6.45) is 0. The largest absolute Gasteiger partial charge is 0.383 e. The highest BCUT2D eigenvalue weighted by Gasteiger charge is 2.19. The van der Waals surface area contributed by atoms with E-state index in [4.69, 9.17) is 0 Å². The number of fused-ring (bicyclic) bond motifs is 1. The van der Waals surface area contributed by atoms with E-state index in [9.17, 15) is 17.2 Å². The maximum Gasteiger partial charge on any atom is 0.262 e. The standard InChI is InChI=1S/C14H12F2N2O2S2/c15-9-1-3-12(11(16)7-9)18-22(19,20)10-2-4-14-13(8-10)17-5-6-21-14/h1-4,7-8,17-18H,5-6H2. The molecule has 0 saturated heterocycles. The Bertz CT molecular complexity index is 826. The number of nitrogens with one attached hydrogen (secondary N) is 2. The maximum atomic E-state index is 13.6. The van der Waals surface area contributed by atoms with Crippen molar-refractivity contribution in [1.29, 1.82) is 0 Å². The van der Waals surface area contributed by atoms with Crippen molar-refractivity contribution in [3.8, 4) is 0 Å². The minimum atomic E-state index is -3.94. The van der Waals surface area contributed by atoms with Crippen molar-refractivity contribution < 1.29 is 17.2 Å². The summed E-state index contributed by atoms with van der Waals surface area (Å²) in [5.74, 6) is -0.816. The highest BCUT2D eigenvalue weighted by Crippen LogP contribution is 2.33. The van der Waals surface area contributed by atoms with E-state index in [0.29, 0.717) is 6.07 Å². The van der Waals surface area contributed by atoms with Crippen LogP contribution in [-0.4, -0.2) is 20.7 Å². The maximum absolute atomic E-state index is 13.6. The predicted octanol–water partition coefficient (Wildman–Crippen LogP) is 3.28. The van der Waals surface area contributed by atoms with Gasteiger partial charge >= 0.3 is 0 Å². The third-order valence-corrected chi connectivity index (χ3v) is 5.55. The Morgan fingerprint density at radius 2 is 1.95 bits per heavy atom. The molecule has 3 rings (SSSR count). The minimum Gasteiger partial charge on any atom is -0.383 e. The zero-order valence-corrected chi connectivity index (χ0v) is 12.9.